The van der Waals surface area contributed by atoms with Gasteiger partial charge in [-0.15, -0.1) is 0 Å². The molecule has 0 N–H and O–H groups in total. The zero-order valence-corrected chi connectivity index (χ0v) is 11.4. The van der Waals surface area contributed by atoms with Crippen molar-refractivity contribution >= 4 is 5.78 Å². The van der Waals surface area contributed by atoms with Crippen molar-refractivity contribution in [1.29, 1.82) is 0 Å². The topological polar surface area (TPSA) is 35.5 Å². The van der Waals surface area contributed by atoms with E-state index in [0.717, 1.165) is 12.8 Å². The van der Waals surface area contributed by atoms with Crippen molar-refractivity contribution in [3.05, 3.63) is 29.8 Å². The van der Waals surface area contributed by atoms with Crippen molar-refractivity contribution < 1.29 is 14.3 Å². The second-order valence-electron chi connectivity index (χ2n) is 4.53. The normalized spacial score (nSPS) is 12.2. The Labute approximate surface area is 109 Å². The molecule has 0 fully saturated rings. The first kappa shape index (κ1) is 14.7. The van der Waals surface area contributed by atoms with Crippen LogP contribution in [-0.2, 0) is 4.74 Å². The summed E-state index contributed by atoms with van der Waals surface area (Å²) in [6.07, 6.45) is 2.27. The van der Waals surface area contributed by atoms with Gasteiger partial charge in [0.05, 0.1) is 12.7 Å². The number of carbonyl (C=O) groups is 1. The summed E-state index contributed by atoms with van der Waals surface area (Å²) < 4.78 is 10.6. The molecule has 0 saturated carbocycles. The number of hydrogen-bond donors (Lipinski definition) is 0. The molecular formula is C15H22O3. The molecule has 100 valence electrons. The molecule has 3 nitrogen and oxygen atoms in total. The van der Waals surface area contributed by atoms with Crippen molar-refractivity contribution in [3.63, 3.8) is 0 Å². The largest absolute Gasteiger partial charge is 0.496 e. The molecule has 1 atom stereocenters. The summed E-state index contributed by atoms with van der Waals surface area (Å²) in [6.45, 7) is 5.04. The van der Waals surface area contributed by atoms with Crippen LogP contribution in [0, 0.1) is 5.92 Å². The number of rotatable bonds is 8. The van der Waals surface area contributed by atoms with Crippen LogP contribution in [-0.4, -0.2) is 26.1 Å². The SMILES string of the molecule is CCCC(C)COCC(=O)c1ccccc1OC. The van der Waals surface area contributed by atoms with Gasteiger partial charge in [0.25, 0.3) is 0 Å². The predicted octanol–water partition coefficient (Wildman–Crippen LogP) is 3.33. The van der Waals surface area contributed by atoms with Crippen LogP contribution in [0.3, 0.4) is 0 Å². The Kier molecular flexibility index (Phi) is 6.44. The van der Waals surface area contributed by atoms with Crippen LogP contribution < -0.4 is 4.74 Å². The zero-order valence-electron chi connectivity index (χ0n) is 11.4. The summed E-state index contributed by atoms with van der Waals surface area (Å²) in [6, 6.07) is 7.22. The van der Waals surface area contributed by atoms with Gasteiger partial charge in [0.15, 0.2) is 5.78 Å². The van der Waals surface area contributed by atoms with Crippen LogP contribution in [0.5, 0.6) is 5.75 Å². The number of benzene rings is 1. The Morgan fingerprint density at radius 1 is 1.33 bits per heavy atom. The summed E-state index contributed by atoms with van der Waals surface area (Å²) in [5, 5.41) is 0. The number of ketones is 1. The van der Waals surface area contributed by atoms with Crippen LogP contribution in [0.25, 0.3) is 0 Å². The summed E-state index contributed by atoms with van der Waals surface area (Å²) in [7, 11) is 1.57. The highest BCUT2D eigenvalue weighted by Crippen LogP contribution is 2.18. The standard InChI is InChI=1S/C15H22O3/c1-4-7-12(2)10-18-11-14(16)13-8-5-6-9-15(13)17-3/h5-6,8-9,12H,4,7,10-11H2,1-3H3. The quantitative estimate of drug-likeness (QED) is 0.664. The lowest BCUT2D eigenvalue weighted by atomic mass is 10.1. The van der Waals surface area contributed by atoms with E-state index < -0.39 is 0 Å². The molecule has 0 radical (unpaired) electrons. The maximum Gasteiger partial charge on any atom is 0.192 e. The van der Waals surface area contributed by atoms with E-state index in [0.29, 0.717) is 23.8 Å². The summed E-state index contributed by atoms with van der Waals surface area (Å²) in [4.78, 5) is 12.0. The maximum atomic E-state index is 12.0. The molecule has 0 aliphatic heterocycles. The van der Waals surface area contributed by atoms with Crippen LogP contribution in [0.4, 0.5) is 0 Å². The van der Waals surface area contributed by atoms with E-state index in [2.05, 4.69) is 13.8 Å². The molecule has 1 aromatic rings. The first-order valence-electron chi connectivity index (χ1n) is 6.43. The van der Waals surface area contributed by atoms with E-state index in [9.17, 15) is 4.79 Å². The Balaban J connectivity index is 2.45. The van der Waals surface area contributed by atoms with E-state index in [4.69, 9.17) is 9.47 Å². The molecule has 1 unspecified atom stereocenters. The Hall–Kier alpha value is -1.35. The minimum atomic E-state index is -0.0313. The van der Waals surface area contributed by atoms with Crippen LogP contribution in [0.1, 0.15) is 37.0 Å². The van der Waals surface area contributed by atoms with Crippen LogP contribution in [0.15, 0.2) is 24.3 Å². The summed E-state index contributed by atoms with van der Waals surface area (Å²) in [5.74, 6) is 1.07. The van der Waals surface area contributed by atoms with Gasteiger partial charge in [0, 0.05) is 6.61 Å². The fraction of sp³-hybridized carbons (Fsp3) is 0.533. The molecule has 0 aromatic heterocycles. The van der Waals surface area contributed by atoms with Crippen molar-refractivity contribution in [3.8, 4) is 5.75 Å². The van der Waals surface area contributed by atoms with E-state index in [1.807, 2.05) is 12.1 Å². The molecule has 1 rings (SSSR count). The molecular weight excluding hydrogens is 228 g/mol. The third kappa shape index (κ3) is 4.49. The Bertz CT molecular complexity index is 374. The number of methoxy groups -OCH3 is 1. The Morgan fingerprint density at radius 2 is 2.06 bits per heavy atom. The first-order valence-corrected chi connectivity index (χ1v) is 6.43. The van der Waals surface area contributed by atoms with Gasteiger partial charge >= 0.3 is 0 Å². The second kappa shape index (κ2) is 7.88. The zero-order chi connectivity index (χ0) is 13.4. The lowest BCUT2D eigenvalue weighted by molar-refractivity contribution is 0.0680. The highest BCUT2D eigenvalue weighted by Gasteiger charge is 2.12. The van der Waals surface area contributed by atoms with E-state index >= 15 is 0 Å². The third-order valence-corrected chi connectivity index (χ3v) is 2.82. The van der Waals surface area contributed by atoms with Crippen molar-refractivity contribution in [2.75, 3.05) is 20.3 Å². The van der Waals surface area contributed by atoms with Gasteiger partial charge in [0.2, 0.25) is 0 Å². The molecule has 0 aliphatic rings. The molecule has 0 aliphatic carbocycles. The van der Waals surface area contributed by atoms with E-state index in [-0.39, 0.29) is 12.4 Å². The first-order chi connectivity index (χ1) is 8.69. The Morgan fingerprint density at radius 3 is 2.72 bits per heavy atom. The highest BCUT2D eigenvalue weighted by molar-refractivity contribution is 5.99. The fourth-order valence-electron chi connectivity index (χ4n) is 1.88. The van der Waals surface area contributed by atoms with Crippen LogP contribution >= 0.6 is 0 Å². The molecule has 0 saturated heterocycles. The average molecular weight is 250 g/mol. The fourth-order valence-corrected chi connectivity index (χ4v) is 1.88. The molecule has 18 heavy (non-hydrogen) atoms. The highest BCUT2D eigenvalue weighted by atomic mass is 16.5. The smallest absolute Gasteiger partial charge is 0.192 e. The molecule has 1 aromatic carbocycles. The lowest BCUT2D eigenvalue weighted by Crippen LogP contribution is -2.14. The predicted molar refractivity (Wildman–Crippen MR) is 72.2 cm³/mol. The van der Waals surface area contributed by atoms with Crippen molar-refractivity contribution in [2.24, 2.45) is 5.92 Å². The third-order valence-electron chi connectivity index (χ3n) is 2.82. The molecule has 0 heterocycles. The number of Topliss-reactive ketones (excluding diaryl/α,β-unsaturated/α-hetero) is 1. The second-order valence-corrected chi connectivity index (χ2v) is 4.53. The number of carbonyl (C=O) groups excluding carboxylic acids is 1. The van der Waals surface area contributed by atoms with E-state index in [1.54, 1.807) is 19.2 Å². The van der Waals surface area contributed by atoms with Crippen LogP contribution in [0.2, 0.25) is 0 Å². The molecule has 0 bridgehead atoms. The van der Waals surface area contributed by atoms with Crippen molar-refractivity contribution in [2.45, 2.75) is 26.7 Å². The molecule has 0 amide bonds. The summed E-state index contributed by atoms with van der Waals surface area (Å²) >= 11 is 0. The van der Waals surface area contributed by atoms with Gasteiger partial charge in [-0.05, 0) is 24.5 Å². The summed E-state index contributed by atoms with van der Waals surface area (Å²) in [5.41, 5.74) is 0.586. The number of hydrogen-bond acceptors (Lipinski definition) is 3. The molecule has 0 spiro atoms. The van der Waals surface area contributed by atoms with Gasteiger partial charge in [0.1, 0.15) is 12.4 Å². The maximum absolute atomic E-state index is 12.0. The van der Waals surface area contributed by atoms with E-state index in [1.165, 1.54) is 0 Å². The van der Waals surface area contributed by atoms with Crippen molar-refractivity contribution in [1.82, 2.24) is 0 Å². The number of ether oxygens (including phenoxy) is 2. The van der Waals surface area contributed by atoms with Gasteiger partial charge in [-0.25, -0.2) is 0 Å². The van der Waals surface area contributed by atoms with Gasteiger partial charge in [-0.1, -0.05) is 32.4 Å². The minimum Gasteiger partial charge on any atom is -0.496 e. The average Bonchev–Trinajstić information content (AvgIpc) is 2.38. The number of para-hydroxylation sites is 1. The van der Waals surface area contributed by atoms with Gasteiger partial charge in [-0.3, -0.25) is 4.79 Å². The monoisotopic (exact) mass is 250 g/mol. The minimum absolute atomic E-state index is 0.0313. The molecule has 3 heteroatoms. The van der Waals surface area contributed by atoms with Gasteiger partial charge in [-0.2, -0.15) is 0 Å². The lowest BCUT2D eigenvalue weighted by Gasteiger charge is -2.11. The van der Waals surface area contributed by atoms with Gasteiger partial charge < -0.3 is 9.47 Å².